The summed E-state index contributed by atoms with van der Waals surface area (Å²) in [5.41, 5.74) is 5.82. The Balaban J connectivity index is 0.962. The van der Waals surface area contributed by atoms with E-state index in [1.807, 2.05) is 0 Å². The van der Waals surface area contributed by atoms with Crippen molar-refractivity contribution in [2.45, 2.75) is 63.1 Å². The molecule has 4 atom stereocenters. The largest absolute Gasteiger partial charge is 0.390 e. The van der Waals surface area contributed by atoms with Crippen molar-refractivity contribution in [2.75, 3.05) is 44.2 Å². The van der Waals surface area contributed by atoms with E-state index in [4.69, 9.17) is 0 Å². The third-order valence-corrected chi connectivity index (χ3v) is 9.83. The second-order valence-electron chi connectivity index (χ2n) is 12.3. The maximum Gasteiger partial charge on any atom is 0.272 e. The Morgan fingerprint density at radius 3 is 1.88 bits per heavy atom. The Hall–Kier alpha value is -3.37. The van der Waals surface area contributed by atoms with Crippen molar-refractivity contribution in [2.24, 2.45) is 0 Å². The number of carbonyl (C=O) groups is 1. The first-order valence-electron chi connectivity index (χ1n) is 15.4. The average Bonchev–Trinajstić information content (AvgIpc) is 3.04. The average molecular weight is 569 g/mol. The first-order valence-corrected chi connectivity index (χ1v) is 15.4. The maximum atomic E-state index is 13.5. The van der Waals surface area contributed by atoms with Crippen LogP contribution in [-0.2, 0) is 25.9 Å². The molecule has 0 aliphatic carbocycles. The molecule has 220 valence electrons. The summed E-state index contributed by atoms with van der Waals surface area (Å²) in [7, 11) is 0. The molecule has 1 aromatic heterocycles. The highest BCUT2D eigenvalue weighted by Gasteiger charge is 2.37. The van der Waals surface area contributed by atoms with Gasteiger partial charge in [-0.15, -0.1) is 0 Å². The zero-order valence-electron chi connectivity index (χ0n) is 24.1. The minimum atomic E-state index is -0.606. The molecular weight excluding hydrogens is 528 g/mol. The van der Waals surface area contributed by atoms with Crippen LogP contribution in [-0.4, -0.2) is 104 Å². The van der Waals surface area contributed by atoms with Crippen LogP contribution in [0.15, 0.2) is 60.9 Å². The van der Waals surface area contributed by atoms with Gasteiger partial charge in [-0.3, -0.25) is 14.6 Å². The van der Waals surface area contributed by atoms with Gasteiger partial charge in [0.15, 0.2) is 0 Å². The van der Waals surface area contributed by atoms with Crippen molar-refractivity contribution in [3.8, 4) is 0 Å². The van der Waals surface area contributed by atoms with Gasteiger partial charge in [-0.1, -0.05) is 48.5 Å². The van der Waals surface area contributed by atoms with E-state index in [1.165, 1.54) is 28.6 Å². The number of hydrogen-bond acceptors (Lipinski definition) is 8. The molecule has 0 saturated carbocycles. The fourth-order valence-electron chi connectivity index (χ4n) is 7.48. The summed E-state index contributed by atoms with van der Waals surface area (Å²) in [4.78, 5) is 30.8. The van der Waals surface area contributed by atoms with Crippen LogP contribution in [0.5, 0.6) is 0 Å². The number of anilines is 1. The molecule has 9 nitrogen and oxygen atoms in total. The second-order valence-corrected chi connectivity index (χ2v) is 12.3. The van der Waals surface area contributed by atoms with Gasteiger partial charge in [0.1, 0.15) is 17.8 Å². The van der Waals surface area contributed by atoms with Crippen LogP contribution in [0.25, 0.3) is 0 Å². The molecular formula is C33H40N6O3. The van der Waals surface area contributed by atoms with Gasteiger partial charge in [-0.2, -0.15) is 0 Å². The van der Waals surface area contributed by atoms with Gasteiger partial charge in [0.25, 0.3) is 5.91 Å². The molecule has 1 unspecified atom stereocenters. The monoisotopic (exact) mass is 568 g/mol. The number of amides is 1. The molecule has 4 aliphatic heterocycles. The van der Waals surface area contributed by atoms with Gasteiger partial charge in [0, 0.05) is 70.5 Å². The van der Waals surface area contributed by atoms with E-state index >= 15 is 0 Å². The highest BCUT2D eigenvalue weighted by Crippen LogP contribution is 2.28. The molecule has 0 spiro atoms. The van der Waals surface area contributed by atoms with Crippen LogP contribution in [0.3, 0.4) is 0 Å². The first kappa shape index (κ1) is 27.5. The summed E-state index contributed by atoms with van der Waals surface area (Å²) in [6.07, 6.45) is 3.89. The SMILES string of the molecule is O=C(c1cc(N2CCC(N3CCc4ccccc4C3)[C@@H](O)C2)ncn1)N1CC[C@H](N2CCc3ccccc3C2)[C@@H](O)C1. The fourth-order valence-corrected chi connectivity index (χ4v) is 7.48. The van der Waals surface area contributed by atoms with E-state index in [-0.39, 0.29) is 18.0 Å². The lowest BCUT2D eigenvalue weighted by molar-refractivity contribution is -0.0139. The van der Waals surface area contributed by atoms with Crippen molar-refractivity contribution in [1.82, 2.24) is 24.7 Å². The van der Waals surface area contributed by atoms with Crippen LogP contribution in [0.4, 0.5) is 5.82 Å². The first-order chi connectivity index (χ1) is 20.5. The molecule has 7 rings (SSSR count). The van der Waals surface area contributed by atoms with Crippen LogP contribution < -0.4 is 4.90 Å². The highest BCUT2D eigenvalue weighted by molar-refractivity contribution is 5.93. The smallest absolute Gasteiger partial charge is 0.272 e. The number of benzene rings is 2. The number of likely N-dealkylation sites (tertiary alicyclic amines) is 1. The number of aliphatic hydroxyl groups is 2. The number of piperidine rings is 2. The second kappa shape index (κ2) is 11.7. The van der Waals surface area contributed by atoms with E-state index < -0.39 is 12.2 Å². The third kappa shape index (κ3) is 5.42. The molecule has 2 saturated heterocycles. The zero-order chi connectivity index (χ0) is 28.6. The molecule has 4 aliphatic rings. The van der Waals surface area contributed by atoms with E-state index in [0.717, 1.165) is 58.4 Å². The predicted octanol–water partition coefficient (Wildman–Crippen LogP) is 2.11. The molecule has 42 heavy (non-hydrogen) atoms. The third-order valence-electron chi connectivity index (χ3n) is 9.83. The Labute approximate surface area is 247 Å². The summed E-state index contributed by atoms with van der Waals surface area (Å²) in [5.74, 6) is 0.486. The van der Waals surface area contributed by atoms with Crippen molar-refractivity contribution in [3.63, 3.8) is 0 Å². The normalized spacial score (nSPS) is 26.9. The predicted molar refractivity (Wildman–Crippen MR) is 160 cm³/mol. The van der Waals surface area contributed by atoms with Gasteiger partial charge in [-0.25, -0.2) is 9.97 Å². The zero-order valence-corrected chi connectivity index (χ0v) is 24.1. The summed E-state index contributed by atoms with van der Waals surface area (Å²) in [6, 6.07) is 19.0. The minimum Gasteiger partial charge on any atom is -0.390 e. The van der Waals surface area contributed by atoms with Gasteiger partial charge in [0.2, 0.25) is 0 Å². The Bertz CT molecular complexity index is 1430. The number of aliphatic hydroxyl groups excluding tert-OH is 2. The minimum absolute atomic E-state index is 0.0412. The van der Waals surface area contributed by atoms with Crippen molar-refractivity contribution in [3.05, 3.63) is 88.9 Å². The number of carbonyl (C=O) groups excluding carboxylic acids is 1. The number of fused-ring (bicyclic) bond motifs is 2. The van der Waals surface area contributed by atoms with E-state index in [0.29, 0.717) is 31.1 Å². The molecule has 5 heterocycles. The number of nitrogens with zero attached hydrogens (tertiary/aromatic N) is 6. The summed E-state index contributed by atoms with van der Waals surface area (Å²) in [6.45, 7) is 5.70. The molecule has 0 radical (unpaired) electrons. The number of β-amino-alcohol motifs (C(OH)–C–C–N with tert-alkyl or cyclic N) is 2. The number of rotatable bonds is 4. The fraction of sp³-hybridized carbons (Fsp3) is 0.485. The van der Waals surface area contributed by atoms with E-state index in [9.17, 15) is 15.0 Å². The number of aromatic nitrogens is 2. The van der Waals surface area contributed by atoms with Gasteiger partial charge in [0.05, 0.1) is 12.2 Å². The van der Waals surface area contributed by atoms with E-state index in [1.54, 1.807) is 11.0 Å². The Morgan fingerprint density at radius 2 is 1.29 bits per heavy atom. The molecule has 1 amide bonds. The molecule has 2 fully saturated rings. The maximum absolute atomic E-state index is 13.5. The summed E-state index contributed by atoms with van der Waals surface area (Å²) < 4.78 is 0. The highest BCUT2D eigenvalue weighted by atomic mass is 16.3. The lowest BCUT2D eigenvalue weighted by Gasteiger charge is -2.44. The Morgan fingerprint density at radius 1 is 0.714 bits per heavy atom. The molecule has 0 bridgehead atoms. The van der Waals surface area contributed by atoms with Crippen molar-refractivity contribution < 1.29 is 15.0 Å². The van der Waals surface area contributed by atoms with Gasteiger partial charge >= 0.3 is 0 Å². The van der Waals surface area contributed by atoms with Gasteiger partial charge < -0.3 is 20.0 Å². The Kier molecular flexibility index (Phi) is 7.66. The quantitative estimate of drug-likeness (QED) is 0.494. The molecule has 9 heteroatoms. The van der Waals surface area contributed by atoms with Gasteiger partial charge in [-0.05, 0) is 47.9 Å². The van der Waals surface area contributed by atoms with Crippen LogP contribution >= 0.6 is 0 Å². The molecule has 2 N–H and O–H groups in total. The molecule has 3 aromatic rings. The van der Waals surface area contributed by atoms with Crippen LogP contribution in [0.2, 0.25) is 0 Å². The standard InChI is InChI=1S/C33H40N6O3/c40-30-20-38(15-11-28(30)36-13-9-23-5-1-3-7-25(23)18-36)32-17-27(34-22-35-32)33(42)39-16-12-29(31(41)21-39)37-14-10-24-6-2-4-8-26(24)19-37/h1-8,17,22,28-31,40-41H,9-16,18-21H2/t28?,29-,30-,31-/m0/s1. The number of hydrogen-bond donors (Lipinski definition) is 2. The lowest BCUT2D eigenvalue weighted by atomic mass is 9.94. The van der Waals surface area contributed by atoms with Crippen molar-refractivity contribution in [1.29, 1.82) is 0 Å². The summed E-state index contributed by atoms with van der Waals surface area (Å²) in [5, 5.41) is 22.3. The molecule has 2 aromatic carbocycles. The van der Waals surface area contributed by atoms with Crippen molar-refractivity contribution >= 4 is 11.7 Å². The van der Waals surface area contributed by atoms with E-state index in [2.05, 4.69) is 73.2 Å². The van der Waals surface area contributed by atoms with Crippen LogP contribution in [0.1, 0.15) is 45.6 Å². The topological polar surface area (TPSA) is 96.3 Å². The van der Waals surface area contributed by atoms with Crippen LogP contribution in [0, 0.1) is 0 Å². The lowest BCUT2D eigenvalue weighted by Crippen LogP contribution is -2.56. The summed E-state index contributed by atoms with van der Waals surface area (Å²) >= 11 is 0.